The highest BCUT2D eigenvalue weighted by molar-refractivity contribution is 6.03. The molecule has 0 spiro atoms. The number of hydrogen-bond acceptors (Lipinski definition) is 15. The molecule has 2 aliphatic rings. The fourth-order valence-corrected chi connectivity index (χ4v) is 10.1. The number of aryl methyl sites for hydroxylation is 3. The Labute approximate surface area is 436 Å². The number of hydrogen-bond donors (Lipinski definition) is 3. The number of piperidine rings is 2. The Morgan fingerprint density at radius 3 is 2.08 bits per heavy atom. The number of carbonyl (C=O) groups excluding carboxylic acids is 2. The number of aromatic nitrogens is 10. The maximum atomic E-state index is 14.6. The Bertz CT molecular complexity index is 3830. The summed E-state index contributed by atoms with van der Waals surface area (Å²) in [5, 5.41) is 6.80. The van der Waals surface area contributed by atoms with Gasteiger partial charge in [-0.05, 0) is 112 Å². The standard InChI is InChI=1S/C53H64N14O9/c1-12-14-22-65-39-42(61(10)48(70)60-44(39)68)58-47(65)64-24-20-32(35(28-64)56-50(72)76-53(7,8)9)25-31-18-19-34-36(26-31)74-41-30(3)54-37(57-38(34)41)29-67-45(69)40-43(62(11)51(67)73)59-46(66(40)23-15-13-2)63-21-16-17-33(27-63)55-49(71)75-52(4,5)6/h18-19,26,32-33,35H,16-17,20-25,27-29H2,1-11H3,(H,55,71)(H,56,72)(H,60,68,70)/t32?,33-,35+/m1/s1. The van der Waals surface area contributed by atoms with Gasteiger partial charge in [-0.15, -0.1) is 11.8 Å². The zero-order valence-electron chi connectivity index (χ0n) is 44.8. The zero-order valence-corrected chi connectivity index (χ0v) is 44.8. The molecule has 2 fully saturated rings. The number of imidazole rings is 2. The van der Waals surface area contributed by atoms with Gasteiger partial charge in [-0.3, -0.25) is 37.4 Å². The van der Waals surface area contributed by atoms with Crippen molar-refractivity contribution in [2.24, 2.45) is 20.0 Å². The molecule has 2 saturated heterocycles. The van der Waals surface area contributed by atoms with Gasteiger partial charge in [-0.25, -0.2) is 29.1 Å². The summed E-state index contributed by atoms with van der Waals surface area (Å²) < 4.78 is 24.9. The van der Waals surface area contributed by atoms with Crippen molar-refractivity contribution in [3.8, 4) is 23.7 Å². The predicted octanol–water partition coefficient (Wildman–Crippen LogP) is 4.18. The number of ether oxygens (including phenoxy) is 2. The SMILES string of the molecule is CC#CCn1c(N2CCC(Cc3ccc4c(c3)oc3c(C)nc(Cn5c(=O)c6c(nc(N7CCC[C@@H](NC(=O)OC(C)(C)C)C7)n6CC#CC)n(C)c5=O)nc34)[C@@H](NC(=O)OC(C)(C)C)C2)nc2c1c(=O)[nH]c(=O)n2C. The molecule has 6 aromatic heterocycles. The average Bonchev–Trinajstić information content (AvgIpc) is 4.09. The summed E-state index contributed by atoms with van der Waals surface area (Å²) in [4.78, 5) is 106. The molecule has 0 radical (unpaired) electrons. The Balaban J connectivity index is 1.00. The zero-order chi connectivity index (χ0) is 54.5. The molecular formula is C53H64N14O9. The summed E-state index contributed by atoms with van der Waals surface area (Å²) in [6, 6.07) is 5.19. The molecule has 3 N–H and O–H groups in total. The molecule has 23 nitrogen and oxygen atoms in total. The summed E-state index contributed by atoms with van der Waals surface area (Å²) in [5.74, 6) is 12.9. The van der Waals surface area contributed by atoms with Crippen LogP contribution in [0.1, 0.15) is 91.7 Å². The minimum absolute atomic E-state index is 0.0858. The molecule has 3 atom stereocenters. The molecule has 0 aliphatic carbocycles. The summed E-state index contributed by atoms with van der Waals surface area (Å²) in [6.45, 7) is 17.9. The van der Waals surface area contributed by atoms with E-state index in [0.717, 1.165) is 23.0 Å². The number of carbonyl (C=O) groups is 2. The van der Waals surface area contributed by atoms with Crippen LogP contribution in [0, 0.1) is 36.5 Å². The first-order valence-corrected chi connectivity index (χ1v) is 25.4. The largest absolute Gasteiger partial charge is 0.452 e. The van der Waals surface area contributed by atoms with Crippen molar-refractivity contribution in [3.63, 3.8) is 0 Å². The number of aromatic amines is 1. The molecule has 9 rings (SSSR count). The molecule has 2 amide bonds. The fourth-order valence-electron chi connectivity index (χ4n) is 10.1. The number of H-pyrrole nitrogens is 1. The first-order valence-electron chi connectivity index (χ1n) is 25.4. The lowest BCUT2D eigenvalue weighted by Gasteiger charge is -2.39. The quantitative estimate of drug-likeness (QED) is 0.162. The van der Waals surface area contributed by atoms with Crippen molar-refractivity contribution >= 4 is 68.5 Å². The van der Waals surface area contributed by atoms with Crippen LogP contribution in [0.3, 0.4) is 0 Å². The van der Waals surface area contributed by atoms with Crippen LogP contribution in [0.5, 0.6) is 0 Å². The number of fused-ring (bicyclic) bond motifs is 5. The van der Waals surface area contributed by atoms with Gasteiger partial charge in [0.2, 0.25) is 11.9 Å². The second-order valence-corrected chi connectivity index (χ2v) is 21.5. The lowest BCUT2D eigenvalue weighted by molar-refractivity contribution is 0.0474. The normalized spacial score (nSPS) is 17.2. The second kappa shape index (κ2) is 20.4. The third kappa shape index (κ3) is 10.5. The van der Waals surface area contributed by atoms with Crippen LogP contribution in [0.15, 0.2) is 41.8 Å². The average molecular weight is 1040 g/mol. The van der Waals surface area contributed by atoms with Gasteiger partial charge >= 0.3 is 23.6 Å². The van der Waals surface area contributed by atoms with Crippen molar-refractivity contribution in [1.29, 1.82) is 0 Å². The third-order valence-electron chi connectivity index (χ3n) is 13.6. The van der Waals surface area contributed by atoms with Gasteiger partial charge in [0.15, 0.2) is 27.9 Å². The lowest BCUT2D eigenvalue weighted by Crippen LogP contribution is -2.54. The van der Waals surface area contributed by atoms with Gasteiger partial charge in [0.05, 0.1) is 31.4 Å². The van der Waals surface area contributed by atoms with Gasteiger partial charge < -0.3 is 34.3 Å². The fraction of sp³-hybridized carbons (Fsp3) is 0.509. The van der Waals surface area contributed by atoms with Gasteiger partial charge in [-0.1, -0.05) is 17.9 Å². The van der Waals surface area contributed by atoms with E-state index in [2.05, 4.69) is 39.3 Å². The van der Waals surface area contributed by atoms with Crippen molar-refractivity contribution in [3.05, 3.63) is 77.0 Å². The molecule has 0 saturated carbocycles. The molecule has 1 unspecified atom stereocenters. The van der Waals surface area contributed by atoms with Crippen molar-refractivity contribution in [1.82, 2.24) is 58.4 Å². The summed E-state index contributed by atoms with van der Waals surface area (Å²) in [7, 11) is 3.12. The summed E-state index contributed by atoms with van der Waals surface area (Å²) in [5.41, 5.74) is 0.0938. The number of furan rings is 1. The predicted molar refractivity (Wildman–Crippen MR) is 287 cm³/mol. The summed E-state index contributed by atoms with van der Waals surface area (Å²) in [6.07, 6.45) is 1.53. The van der Waals surface area contributed by atoms with Gasteiger partial charge in [-0.2, -0.15) is 9.97 Å². The maximum absolute atomic E-state index is 14.6. The Morgan fingerprint density at radius 1 is 0.789 bits per heavy atom. The van der Waals surface area contributed by atoms with E-state index in [1.807, 2.05) is 28.0 Å². The van der Waals surface area contributed by atoms with Crippen LogP contribution in [0.4, 0.5) is 21.5 Å². The van der Waals surface area contributed by atoms with Crippen molar-refractivity contribution < 1.29 is 23.5 Å². The topological polar surface area (TPSA) is 257 Å². The first-order chi connectivity index (χ1) is 36.0. The highest BCUT2D eigenvalue weighted by atomic mass is 16.6. The number of benzene rings is 1. The van der Waals surface area contributed by atoms with Crippen molar-refractivity contribution in [2.45, 2.75) is 131 Å². The molecule has 1 aromatic carbocycles. The van der Waals surface area contributed by atoms with Crippen LogP contribution in [0.2, 0.25) is 0 Å². The Hall–Kier alpha value is -8.34. The third-order valence-corrected chi connectivity index (χ3v) is 13.6. The van der Waals surface area contributed by atoms with E-state index in [1.165, 1.54) is 9.13 Å². The number of alkyl carbamates (subject to hydrolysis) is 2. The molecule has 0 bridgehead atoms. The summed E-state index contributed by atoms with van der Waals surface area (Å²) >= 11 is 0. The van der Waals surface area contributed by atoms with Gasteiger partial charge in [0.1, 0.15) is 28.1 Å². The van der Waals surface area contributed by atoms with E-state index >= 15 is 0 Å². The van der Waals surface area contributed by atoms with Crippen LogP contribution < -0.4 is 42.9 Å². The number of rotatable bonds is 10. The molecule has 23 heteroatoms. The van der Waals surface area contributed by atoms with Crippen LogP contribution in [-0.4, -0.2) is 109 Å². The number of nitrogens with one attached hydrogen (secondary N) is 3. The highest BCUT2D eigenvalue weighted by Gasteiger charge is 2.35. The monoisotopic (exact) mass is 1040 g/mol. The van der Waals surface area contributed by atoms with E-state index in [0.29, 0.717) is 78.7 Å². The Morgan fingerprint density at radius 2 is 1.42 bits per heavy atom. The molecule has 2 aliphatic heterocycles. The maximum Gasteiger partial charge on any atom is 0.407 e. The lowest BCUT2D eigenvalue weighted by atomic mass is 9.86. The van der Waals surface area contributed by atoms with E-state index in [4.69, 9.17) is 33.8 Å². The smallest absolute Gasteiger partial charge is 0.407 e. The highest BCUT2D eigenvalue weighted by Crippen LogP contribution is 2.33. The number of amides is 2. The van der Waals surface area contributed by atoms with E-state index in [1.54, 1.807) is 85.5 Å². The van der Waals surface area contributed by atoms with Crippen molar-refractivity contribution in [2.75, 3.05) is 36.0 Å². The first kappa shape index (κ1) is 52.5. The van der Waals surface area contributed by atoms with E-state index in [9.17, 15) is 28.8 Å². The molecule has 8 heterocycles. The van der Waals surface area contributed by atoms with E-state index in [-0.39, 0.29) is 59.7 Å². The van der Waals surface area contributed by atoms with Crippen LogP contribution in [-0.2, 0) is 49.6 Å². The number of nitrogens with zero attached hydrogens (tertiary/aromatic N) is 11. The minimum Gasteiger partial charge on any atom is -0.452 e. The van der Waals surface area contributed by atoms with Crippen LogP contribution >= 0.6 is 0 Å². The molecular weight excluding hydrogens is 977 g/mol. The van der Waals surface area contributed by atoms with Crippen LogP contribution in [0.25, 0.3) is 44.4 Å². The van der Waals surface area contributed by atoms with Gasteiger partial charge in [0, 0.05) is 51.7 Å². The molecule has 400 valence electrons. The van der Waals surface area contributed by atoms with Gasteiger partial charge in [0.25, 0.3) is 11.1 Å². The minimum atomic E-state index is -0.751. The molecule has 76 heavy (non-hydrogen) atoms. The number of anilines is 2. The Kier molecular flexibility index (Phi) is 14.1. The second-order valence-electron chi connectivity index (χ2n) is 21.5. The van der Waals surface area contributed by atoms with E-state index < -0.39 is 51.9 Å². The molecule has 7 aromatic rings.